The third-order valence-corrected chi connectivity index (χ3v) is 4.82. The van der Waals surface area contributed by atoms with Gasteiger partial charge in [-0.3, -0.25) is 10.1 Å². The van der Waals surface area contributed by atoms with Crippen LogP contribution in [0, 0.1) is 10.1 Å². The highest BCUT2D eigenvalue weighted by atomic mass is 32.2. The molecule has 1 aromatic rings. The van der Waals surface area contributed by atoms with Crippen LogP contribution in [0.15, 0.2) is 23.1 Å². The lowest BCUT2D eigenvalue weighted by Crippen LogP contribution is -2.48. The standard InChI is InChI=1S/C12H18N2O6S/c1-4-12(2,8-15)13-21(18,19)11-7-9(14(16)17)5-6-10(11)20-3/h5-7,13,15H,4,8H2,1-3H3. The van der Waals surface area contributed by atoms with E-state index in [0.29, 0.717) is 6.42 Å². The van der Waals surface area contributed by atoms with E-state index in [2.05, 4.69) is 4.72 Å². The lowest BCUT2D eigenvalue weighted by atomic mass is 10.0. The molecular weight excluding hydrogens is 300 g/mol. The van der Waals surface area contributed by atoms with E-state index in [0.717, 1.165) is 12.1 Å². The fraction of sp³-hybridized carbons (Fsp3) is 0.500. The van der Waals surface area contributed by atoms with Crippen molar-refractivity contribution in [3.05, 3.63) is 28.3 Å². The maximum absolute atomic E-state index is 12.4. The van der Waals surface area contributed by atoms with E-state index in [1.807, 2.05) is 0 Å². The van der Waals surface area contributed by atoms with Crippen molar-refractivity contribution in [1.82, 2.24) is 4.72 Å². The number of hydrogen-bond acceptors (Lipinski definition) is 6. The fourth-order valence-electron chi connectivity index (χ4n) is 1.58. The minimum atomic E-state index is -4.08. The van der Waals surface area contributed by atoms with Gasteiger partial charge in [-0.1, -0.05) is 6.92 Å². The maximum atomic E-state index is 12.4. The second-order valence-electron chi connectivity index (χ2n) is 4.77. The van der Waals surface area contributed by atoms with Crippen molar-refractivity contribution in [2.24, 2.45) is 0 Å². The third kappa shape index (κ3) is 3.90. The molecule has 1 atom stereocenters. The van der Waals surface area contributed by atoms with Crippen molar-refractivity contribution >= 4 is 15.7 Å². The van der Waals surface area contributed by atoms with E-state index in [1.165, 1.54) is 20.1 Å². The summed E-state index contributed by atoms with van der Waals surface area (Å²) in [5.41, 5.74) is -1.42. The zero-order chi connectivity index (χ0) is 16.3. The Hall–Kier alpha value is -1.71. The zero-order valence-corrected chi connectivity index (χ0v) is 12.8. The Morgan fingerprint density at radius 3 is 2.52 bits per heavy atom. The summed E-state index contributed by atoms with van der Waals surface area (Å²) in [6, 6.07) is 3.30. The molecule has 1 aromatic carbocycles. The Balaban J connectivity index is 3.36. The molecule has 0 aliphatic rings. The van der Waals surface area contributed by atoms with Gasteiger partial charge in [0.25, 0.3) is 5.69 Å². The molecule has 0 aromatic heterocycles. The maximum Gasteiger partial charge on any atom is 0.271 e. The monoisotopic (exact) mass is 318 g/mol. The first-order chi connectivity index (χ1) is 9.69. The van der Waals surface area contributed by atoms with E-state index in [-0.39, 0.29) is 16.3 Å². The summed E-state index contributed by atoms with van der Waals surface area (Å²) in [6.07, 6.45) is 0.347. The lowest BCUT2D eigenvalue weighted by molar-refractivity contribution is -0.385. The van der Waals surface area contributed by atoms with Gasteiger partial charge in [-0.2, -0.15) is 0 Å². The van der Waals surface area contributed by atoms with Crippen molar-refractivity contribution in [1.29, 1.82) is 0 Å². The van der Waals surface area contributed by atoms with E-state index in [4.69, 9.17) is 4.74 Å². The number of nitro benzene ring substituents is 1. The molecule has 0 amide bonds. The van der Waals surface area contributed by atoms with Crippen LogP contribution in [0.1, 0.15) is 20.3 Å². The number of rotatable bonds is 7. The number of aliphatic hydroxyl groups excluding tert-OH is 1. The lowest BCUT2D eigenvalue weighted by Gasteiger charge is -2.27. The average Bonchev–Trinajstić information content (AvgIpc) is 2.45. The SMILES string of the molecule is CCC(C)(CO)NS(=O)(=O)c1cc([N+](=O)[O-])ccc1OC. The first-order valence-electron chi connectivity index (χ1n) is 6.16. The zero-order valence-electron chi connectivity index (χ0n) is 12.0. The number of benzene rings is 1. The molecule has 0 radical (unpaired) electrons. The minimum Gasteiger partial charge on any atom is -0.495 e. The van der Waals surface area contributed by atoms with Crippen molar-refractivity contribution in [2.45, 2.75) is 30.7 Å². The van der Waals surface area contributed by atoms with Crippen molar-refractivity contribution in [3.8, 4) is 5.75 Å². The summed E-state index contributed by atoms with van der Waals surface area (Å²) in [7, 11) is -2.81. The molecule has 118 valence electrons. The number of sulfonamides is 1. The number of nitrogens with one attached hydrogen (secondary N) is 1. The van der Waals surface area contributed by atoms with Crippen LogP contribution in [-0.4, -0.2) is 37.7 Å². The second-order valence-corrected chi connectivity index (χ2v) is 6.42. The van der Waals surface area contributed by atoms with Crippen LogP contribution in [-0.2, 0) is 10.0 Å². The molecule has 0 heterocycles. The molecule has 0 aliphatic carbocycles. The van der Waals surface area contributed by atoms with Gasteiger partial charge in [-0.15, -0.1) is 0 Å². The van der Waals surface area contributed by atoms with Crippen LogP contribution < -0.4 is 9.46 Å². The van der Waals surface area contributed by atoms with Crippen LogP contribution in [0.5, 0.6) is 5.75 Å². The quantitative estimate of drug-likeness (QED) is 0.573. The molecule has 21 heavy (non-hydrogen) atoms. The molecule has 1 unspecified atom stereocenters. The summed E-state index contributed by atoms with van der Waals surface area (Å²) >= 11 is 0. The van der Waals surface area contributed by atoms with E-state index < -0.39 is 27.1 Å². The number of non-ortho nitro benzene ring substituents is 1. The van der Waals surface area contributed by atoms with Gasteiger partial charge in [0.05, 0.1) is 24.2 Å². The first kappa shape index (κ1) is 17.3. The number of nitrogens with zero attached hydrogens (tertiary/aromatic N) is 1. The Labute approximate surface area is 122 Å². The highest BCUT2D eigenvalue weighted by Crippen LogP contribution is 2.29. The molecule has 2 N–H and O–H groups in total. The topological polar surface area (TPSA) is 119 Å². The number of nitro groups is 1. The van der Waals surface area contributed by atoms with Crippen LogP contribution in [0.25, 0.3) is 0 Å². The largest absolute Gasteiger partial charge is 0.495 e. The van der Waals surface area contributed by atoms with Gasteiger partial charge in [-0.25, -0.2) is 13.1 Å². The van der Waals surface area contributed by atoms with Gasteiger partial charge >= 0.3 is 0 Å². The van der Waals surface area contributed by atoms with Crippen molar-refractivity contribution < 1.29 is 23.2 Å². The molecule has 0 saturated carbocycles. The molecule has 8 nitrogen and oxygen atoms in total. The fourth-order valence-corrected chi connectivity index (χ4v) is 3.24. The number of aliphatic hydroxyl groups is 1. The minimum absolute atomic E-state index is 0.00973. The van der Waals surface area contributed by atoms with Gasteiger partial charge in [0.1, 0.15) is 10.6 Å². The summed E-state index contributed by atoms with van der Waals surface area (Å²) in [5.74, 6) is -0.00973. The van der Waals surface area contributed by atoms with Crippen molar-refractivity contribution in [2.75, 3.05) is 13.7 Å². The number of methoxy groups -OCH3 is 1. The van der Waals surface area contributed by atoms with Gasteiger partial charge in [0.15, 0.2) is 0 Å². The van der Waals surface area contributed by atoms with E-state index in [1.54, 1.807) is 6.92 Å². The Bertz CT molecular complexity index is 625. The highest BCUT2D eigenvalue weighted by Gasteiger charge is 2.31. The smallest absolute Gasteiger partial charge is 0.271 e. The summed E-state index contributed by atoms with van der Waals surface area (Å²) in [4.78, 5) is 9.76. The van der Waals surface area contributed by atoms with Crippen LogP contribution >= 0.6 is 0 Å². The van der Waals surface area contributed by atoms with Gasteiger partial charge in [0, 0.05) is 12.1 Å². The Kier molecular flexibility index (Phi) is 5.26. The summed E-state index contributed by atoms with van der Waals surface area (Å²) in [6.45, 7) is 2.85. The predicted molar refractivity (Wildman–Crippen MR) is 75.8 cm³/mol. The van der Waals surface area contributed by atoms with E-state index >= 15 is 0 Å². The van der Waals surface area contributed by atoms with Crippen LogP contribution in [0.4, 0.5) is 5.69 Å². The first-order valence-corrected chi connectivity index (χ1v) is 7.64. The normalized spacial score (nSPS) is 14.5. The van der Waals surface area contributed by atoms with Crippen molar-refractivity contribution in [3.63, 3.8) is 0 Å². The van der Waals surface area contributed by atoms with E-state index in [9.17, 15) is 23.6 Å². The third-order valence-electron chi connectivity index (χ3n) is 3.16. The van der Waals surface area contributed by atoms with Crippen LogP contribution in [0.2, 0.25) is 0 Å². The molecule has 0 aliphatic heterocycles. The molecule has 0 fully saturated rings. The molecule has 0 spiro atoms. The molecule has 0 bridgehead atoms. The molecular formula is C12H18N2O6S. The summed E-state index contributed by atoms with van der Waals surface area (Å²) in [5, 5.41) is 20.1. The molecule has 9 heteroatoms. The highest BCUT2D eigenvalue weighted by molar-refractivity contribution is 7.89. The number of ether oxygens (including phenoxy) is 1. The van der Waals surface area contributed by atoms with Gasteiger partial charge in [-0.05, 0) is 19.4 Å². The Morgan fingerprint density at radius 1 is 1.48 bits per heavy atom. The molecule has 0 saturated heterocycles. The second kappa shape index (κ2) is 6.37. The Morgan fingerprint density at radius 2 is 2.10 bits per heavy atom. The summed E-state index contributed by atoms with van der Waals surface area (Å²) < 4.78 is 32.1. The average molecular weight is 318 g/mol. The van der Waals surface area contributed by atoms with Gasteiger partial charge < -0.3 is 9.84 Å². The predicted octanol–water partition coefficient (Wildman–Crippen LogP) is 1.04. The number of hydrogen-bond donors (Lipinski definition) is 2. The van der Waals surface area contributed by atoms with Crippen LogP contribution in [0.3, 0.4) is 0 Å². The molecule has 1 rings (SSSR count). The van der Waals surface area contributed by atoms with Gasteiger partial charge in [0.2, 0.25) is 10.0 Å².